The number of nitrogens with zero attached hydrogens (tertiary/aromatic N) is 2. The highest BCUT2D eigenvalue weighted by Gasteiger charge is 2.08. The summed E-state index contributed by atoms with van der Waals surface area (Å²) in [7, 11) is 0. The fourth-order valence-electron chi connectivity index (χ4n) is 1.77. The molecule has 0 amide bonds. The number of benzene rings is 1. The minimum atomic E-state index is -0.987. The van der Waals surface area contributed by atoms with E-state index >= 15 is 0 Å². The van der Waals surface area contributed by atoms with Gasteiger partial charge in [0.1, 0.15) is 0 Å². The molecule has 0 bridgehead atoms. The highest BCUT2D eigenvalue weighted by molar-refractivity contribution is 6.30. The van der Waals surface area contributed by atoms with Crippen LogP contribution in [0.15, 0.2) is 30.6 Å². The van der Waals surface area contributed by atoms with Crippen LogP contribution in [0.2, 0.25) is 5.02 Å². The summed E-state index contributed by atoms with van der Waals surface area (Å²) < 4.78 is 1.89. The first-order valence-corrected chi connectivity index (χ1v) is 6.08. The van der Waals surface area contributed by atoms with Crippen molar-refractivity contribution < 1.29 is 9.90 Å². The normalized spacial score (nSPS) is 11.1. The Bertz CT molecular complexity index is 659. The number of carbonyl (C=O) groups is 1. The number of aryl methyl sites for hydroxylation is 1. The first-order valence-electron chi connectivity index (χ1n) is 5.70. The molecular weight excluding hydrogens is 264 g/mol. The SMILES string of the molecule is Cc1ncn(-c2cc(Cl)ccc2/C=C/C(=O)O)c1C. The maximum atomic E-state index is 10.6. The zero-order chi connectivity index (χ0) is 14.0. The van der Waals surface area contributed by atoms with Gasteiger partial charge in [0, 0.05) is 16.8 Å². The Morgan fingerprint density at radius 1 is 1.42 bits per heavy atom. The predicted molar refractivity (Wildman–Crippen MR) is 74.7 cm³/mol. The van der Waals surface area contributed by atoms with Gasteiger partial charge in [-0.1, -0.05) is 17.7 Å². The second kappa shape index (κ2) is 5.28. The van der Waals surface area contributed by atoms with Crippen LogP contribution >= 0.6 is 11.6 Å². The number of carboxylic acid groups (broad SMARTS) is 1. The Balaban J connectivity index is 2.58. The standard InChI is InChI=1S/C14H13ClN2O2/c1-9-10(2)17(8-16-9)13-7-12(15)5-3-11(13)4-6-14(18)19/h3-8H,1-2H3,(H,18,19)/b6-4+. The average Bonchev–Trinajstić information content (AvgIpc) is 2.68. The van der Waals surface area contributed by atoms with Gasteiger partial charge in [-0.15, -0.1) is 0 Å². The molecular formula is C14H13ClN2O2. The van der Waals surface area contributed by atoms with Crippen LogP contribution in [0.25, 0.3) is 11.8 Å². The molecule has 0 spiro atoms. The molecule has 0 fully saturated rings. The molecule has 4 nitrogen and oxygen atoms in total. The summed E-state index contributed by atoms with van der Waals surface area (Å²) in [6, 6.07) is 5.30. The summed E-state index contributed by atoms with van der Waals surface area (Å²) >= 11 is 6.01. The molecule has 5 heteroatoms. The summed E-state index contributed by atoms with van der Waals surface area (Å²) in [6.45, 7) is 3.87. The van der Waals surface area contributed by atoms with Crippen LogP contribution in [-0.2, 0) is 4.79 Å². The second-order valence-electron chi connectivity index (χ2n) is 4.16. The van der Waals surface area contributed by atoms with E-state index < -0.39 is 5.97 Å². The van der Waals surface area contributed by atoms with Crippen LogP contribution in [-0.4, -0.2) is 20.6 Å². The highest BCUT2D eigenvalue weighted by Crippen LogP contribution is 2.23. The van der Waals surface area contributed by atoms with Gasteiger partial charge in [-0.2, -0.15) is 0 Å². The van der Waals surface area contributed by atoms with Gasteiger partial charge in [-0.25, -0.2) is 9.78 Å². The van der Waals surface area contributed by atoms with Gasteiger partial charge in [0.15, 0.2) is 0 Å². The molecule has 0 saturated carbocycles. The van der Waals surface area contributed by atoms with Gasteiger partial charge in [0.25, 0.3) is 0 Å². The Morgan fingerprint density at radius 2 is 2.16 bits per heavy atom. The topological polar surface area (TPSA) is 55.1 Å². The number of halogens is 1. The van der Waals surface area contributed by atoms with Crippen LogP contribution < -0.4 is 0 Å². The first kappa shape index (κ1) is 13.4. The molecule has 2 rings (SSSR count). The lowest BCUT2D eigenvalue weighted by atomic mass is 10.1. The number of aromatic nitrogens is 2. The third-order valence-electron chi connectivity index (χ3n) is 2.91. The molecule has 0 aliphatic rings. The maximum absolute atomic E-state index is 10.6. The summed E-state index contributed by atoms with van der Waals surface area (Å²) in [4.78, 5) is 14.9. The Labute approximate surface area is 116 Å². The van der Waals surface area contributed by atoms with E-state index in [0.717, 1.165) is 28.7 Å². The molecule has 1 aromatic heterocycles. The van der Waals surface area contributed by atoms with Gasteiger partial charge in [0.05, 0.1) is 17.7 Å². The fraction of sp³-hybridized carbons (Fsp3) is 0.143. The molecule has 0 aliphatic heterocycles. The van der Waals surface area contributed by atoms with Crippen molar-refractivity contribution in [2.24, 2.45) is 0 Å². The van der Waals surface area contributed by atoms with Crippen molar-refractivity contribution in [2.45, 2.75) is 13.8 Å². The molecule has 0 unspecified atom stereocenters. The van der Waals surface area contributed by atoms with E-state index in [4.69, 9.17) is 16.7 Å². The summed E-state index contributed by atoms with van der Waals surface area (Å²) in [5.41, 5.74) is 3.50. The van der Waals surface area contributed by atoms with E-state index in [1.807, 2.05) is 18.4 Å². The molecule has 1 N–H and O–H groups in total. The molecule has 19 heavy (non-hydrogen) atoms. The van der Waals surface area contributed by atoms with Gasteiger partial charge in [0.2, 0.25) is 0 Å². The lowest BCUT2D eigenvalue weighted by Gasteiger charge is -2.10. The molecule has 0 aliphatic carbocycles. The van der Waals surface area contributed by atoms with Crippen molar-refractivity contribution in [2.75, 3.05) is 0 Å². The summed E-state index contributed by atoms with van der Waals surface area (Å²) in [5, 5.41) is 9.31. The highest BCUT2D eigenvalue weighted by atomic mass is 35.5. The van der Waals surface area contributed by atoms with Crippen molar-refractivity contribution in [3.63, 3.8) is 0 Å². The van der Waals surface area contributed by atoms with E-state index in [2.05, 4.69) is 4.98 Å². The van der Waals surface area contributed by atoms with Gasteiger partial charge < -0.3 is 9.67 Å². The van der Waals surface area contributed by atoms with E-state index in [-0.39, 0.29) is 0 Å². The zero-order valence-electron chi connectivity index (χ0n) is 10.6. The fourth-order valence-corrected chi connectivity index (χ4v) is 1.94. The largest absolute Gasteiger partial charge is 0.478 e. The van der Waals surface area contributed by atoms with Crippen LogP contribution in [0.1, 0.15) is 17.0 Å². The number of hydrogen-bond donors (Lipinski definition) is 1. The number of imidazole rings is 1. The molecule has 0 saturated heterocycles. The third-order valence-corrected chi connectivity index (χ3v) is 3.14. The van der Waals surface area contributed by atoms with Gasteiger partial charge >= 0.3 is 5.97 Å². The van der Waals surface area contributed by atoms with Crippen molar-refractivity contribution in [3.8, 4) is 5.69 Å². The van der Waals surface area contributed by atoms with Crippen LogP contribution in [0, 0.1) is 13.8 Å². The Hall–Kier alpha value is -2.07. The van der Waals surface area contributed by atoms with Crippen LogP contribution in [0.3, 0.4) is 0 Å². The van der Waals surface area contributed by atoms with E-state index in [9.17, 15) is 4.79 Å². The van der Waals surface area contributed by atoms with Crippen LogP contribution in [0.5, 0.6) is 0 Å². The summed E-state index contributed by atoms with van der Waals surface area (Å²) in [5.74, 6) is -0.987. The lowest BCUT2D eigenvalue weighted by Crippen LogP contribution is -1.98. The van der Waals surface area contributed by atoms with Crippen molar-refractivity contribution in [1.29, 1.82) is 0 Å². The number of carboxylic acids is 1. The smallest absolute Gasteiger partial charge is 0.328 e. The van der Waals surface area contributed by atoms with E-state index in [0.29, 0.717) is 5.02 Å². The van der Waals surface area contributed by atoms with Crippen molar-refractivity contribution in [3.05, 3.63) is 52.6 Å². The van der Waals surface area contributed by atoms with E-state index in [1.165, 1.54) is 0 Å². The maximum Gasteiger partial charge on any atom is 0.328 e. The molecule has 0 radical (unpaired) electrons. The first-order chi connectivity index (χ1) is 8.99. The molecule has 1 aromatic carbocycles. The number of aliphatic carboxylic acids is 1. The Kier molecular flexibility index (Phi) is 3.71. The minimum absolute atomic E-state index is 0.591. The molecule has 0 atom stereocenters. The van der Waals surface area contributed by atoms with E-state index in [1.54, 1.807) is 30.6 Å². The van der Waals surface area contributed by atoms with Crippen molar-refractivity contribution in [1.82, 2.24) is 9.55 Å². The van der Waals surface area contributed by atoms with Crippen LogP contribution in [0.4, 0.5) is 0 Å². The number of hydrogen-bond acceptors (Lipinski definition) is 2. The zero-order valence-corrected chi connectivity index (χ0v) is 11.3. The molecule has 98 valence electrons. The summed E-state index contributed by atoms with van der Waals surface area (Å²) in [6.07, 6.45) is 4.35. The lowest BCUT2D eigenvalue weighted by molar-refractivity contribution is -0.131. The average molecular weight is 277 g/mol. The minimum Gasteiger partial charge on any atom is -0.478 e. The van der Waals surface area contributed by atoms with Gasteiger partial charge in [-0.3, -0.25) is 0 Å². The van der Waals surface area contributed by atoms with Gasteiger partial charge in [-0.05, 0) is 37.6 Å². The predicted octanol–water partition coefficient (Wildman–Crippen LogP) is 3.24. The van der Waals surface area contributed by atoms with Crippen molar-refractivity contribution >= 4 is 23.6 Å². The Morgan fingerprint density at radius 3 is 2.74 bits per heavy atom. The monoisotopic (exact) mass is 276 g/mol. The third kappa shape index (κ3) is 2.85. The second-order valence-corrected chi connectivity index (χ2v) is 4.60. The number of rotatable bonds is 3. The molecule has 2 aromatic rings. The quantitative estimate of drug-likeness (QED) is 0.876. The molecule has 1 heterocycles.